The molecule has 1 atom stereocenters. The molecule has 0 heterocycles. The second-order valence-corrected chi connectivity index (χ2v) is 6.26. The van der Waals surface area contributed by atoms with Gasteiger partial charge in [-0.25, -0.2) is 0 Å². The largest absolute Gasteiger partial charge is 0.500 e. The summed E-state index contributed by atoms with van der Waals surface area (Å²) in [6, 6.07) is 0.838. The summed E-state index contributed by atoms with van der Waals surface area (Å²) >= 11 is 0. The lowest BCUT2D eigenvalue weighted by Gasteiger charge is -2.25. The maximum absolute atomic E-state index is 5.83. The predicted octanol–water partition coefficient (Wildman–Crippen LogP) is -0.0693. The van der Waals surface area contributed by atoms with Crippen LogP contribution < -0.4 is 11.5 Å². The van der Waals surface area contributed by atoms with Gasteiger partial charge in [0.05, 0.1) is 0 Å². The van der Waals surface area contributed by atoms with Crippen LogP contribution in [0.2, 0.25) is 6.04 Å². The van der Waals surface area contributed by atoms with Crippen LogP contribution in [0, 0.1) is 0 Å². The second kappa shape index (κ2) is 7.33. The van der Waals surface area contributed by atoms with Crippen LogP contribution in [0.1, 0.15) is 12.8 Å². The molecule has 14 heavy (non-hydrogen) atoms. The zero-order valence-electron chi connectivity index (χ0n) is 9.29. The lowest BCUT2D eigenvalue weighted by atomic mass is 10.2. The first-order valence-electron chi connectivity index (χ1n) is 4.75. The summed E-state index contributed by atoms with van der Waals surface area (Å²) in [5.41, 5.74) is 11.2. The number of rotatable bonds is 8. The summed E-state index contributed by atoms with van der Waals surface area (Å²) in [5, 5.41) is 0. The second-order valence-electron chi connectivity index (χ2n) is 3.17. The Hall–Kier alpha value is 0.0169. The van der Waals surface area contributed by atoms with Crippen LogP contribution in [0.4, 0.5) is 0 Å². The van der Waals surface area contributed by atoms with Crippen molar-refractivity contribution in [2.45, 2.75) is 24.9 Å². The minimum atomic E-state index is -2.43. The van der Waals surface area contributed by atoms with Crippen LogP contribution in [0.5, 0.6) is 0 Å². The summed E-state index contributed by atoms with van der Waals surface area (Å²) in [6.45, 7) is 0.614. The molecule has 0 saturated carbocycles. The Morgan fingerprint density at radius 2 is 1.57 bits per heavy atom. The molecule has 0 radical (unpaired) electrons. The van der Waals surface area contributed by atoms with Gasteiger partial charge in [-0.3, -0.25) is 0 Å². The third-order valence-corrected chi connectivity index (χ3v) is 5.06. The van der Waals surface area contributed by atoms with Gasteiger partial charge in [0.25, 0.3) is 0 Å². The maximum Gasteiger partial charge on any atom is 0.500 e. The number of hydrogen-bond donors (Lipinski definition) is 2. The van der Waals surface area contributed by atoms with Gasteiger partial charge in [-0.15, -0.1) is 0 Å². The van der Waals surface area contributed by atoms with E-state index in [-0.39, 0.29) is 6.04 Å². The minimum Gasteiger partial charge on any atom is -0.377 e. The van der Waals surface area contributed by atoms with Crippen molar-refractivity contribution in [3.05, 3.63) is 0 Å². The van der Waals surface area contributed by atoms with Crippen LogP contribution in [0.15, 0.2) is 0 Å². The van der Waals surface area contributed by atoms with Gasteiger partial charge in [-0.1, -0.05) is 0 Å². The standard InChI is InChI=1S/C8H22N2O3Si/c1-11-14(12-2,13-3)7-5-8(10)4-6-9/h8H,4-7,9-10H2,1-3H3. The van der Waals surface area contributed by atoms with Crippen LogP contribution in [-0.4, -0.2) is 42.7 Å². The zero-order valence-corrected chi connectivity index (χ0v) is 10.3. The molecule has 0 aliphatic carbocycles. The molecular weight excluding hydrogens is 200 g/mol. The van der Waals surface area contributed by atoms with E-state index in [0.29, 0.717) is 6.54 Å². The summed E-state index contributed by atoms with van der Waals surface area (Å²) in [5.74, 6) is 0. The molecule has 0 aliphatic heterocycles. The Labute approximate surface area is 87.1 Å². The molecule has 86 valence electrons. The van der Waals surface area contributed by atoms with E-state index in [9.17, 15) is 0 Å². The molecule has 0 fully saturated rings. The fraction of sp³-hybridized carbons (Fsp3) is 1.00. The Morgan fingerprint density at radius 3 is 1.93 bits per heavy atom. The van der Waals surface area contributed by atoms with Gasteiger partial charge in [-0.05, 0) is 19.4 Å². The molecule has 0 aromatic carbocycles. The first-order valence-corrected chi connectivity index (χ1v) is 6.68. The Kier molecular flexibility index (Phi) is 7.34. The highest BCUT2D eigenvalue weighted by atomic mass is 28.4. The van der Waals surface area contributed by atoms with E-state index < -0.39 is 8.80 Å². The highest BCUT2D eigenvalue weighted by Crippen LogP contribution is 2.16. The van der Waals surface area contributed by atoms with Gasteiger partial charge < -0.3 is 24.7 Å². The Balaban J connectivity index is 3.92. The molecular formula is C8H22N2O3Si. The minimum absolute atomic E-state index is 0.104. The first kappa shape index (κ1) is 14.0. The van der Waals surface area contributed by atoms with Crippen molar-refractivity contribution in [2.24, 2.45) is 11.5 Å². The molecule has 6 heteroatoms. The van der Waals surface area contributed by atoms with Crippen molar-refractivity contribution in [3.63, 3.8) is 0 Å². The van der Waals surface area contributed by atoms with Crippen molar-refractivity contribution in [3.8, 4) is 0 Å². The monoisotopic (exact) mass is 222 g/mol. The van der Waals surface area contributed by atoms with Gasteiger partial charge in [-0.2, -0.15) is 0 Å². The normalized spacial score (nSPS) is 14.4. The van der Waals surface area contributed by atoms with Gasteiger partial charge in [0, 0.05) is 33.4 Å². The Morgan fingerprint density at radius 1 is 1.07 bits per heavy atom. The molecule has 0 aliphatic rings. The summed E-state index contributed by atoms with van der Waals surface area (Å²) in [7, 11) is 2.38. The van der Waals surface area contributed by atoms with Crippen LogP contribution in [-0.2, 0) is 13.3 Å². The smallest absolute Gasteiger partial charge is 0.377 e. The molecule has 0 aromatic rings. The molecule has 1 unspecified atom stereocenters. The third-order valence-electron chi connectivity index (χ3n) is 2.29. The lowest BCUT2D eigenvalue weighted by molar-refractivity contribution is 0.122. The molecule has 0 bridgehead atoms. The maximum atomic E-state index is 5.83. The van der Waals surface area contributed by atoms with E-state index in [1.54, 1.807) is 21.3 Å². The highest BCUT2D eigenvalue weighted by Gasteiger charge is 2.37. The van der Waals surface area contributed by atoms with Crippen molar-refractivity contribution in [2.75, 3.05) is 27.9 Å². The van der Waals surface area contributed by atoms with E-state index in [4.69, 9.17) is 24.7 Å². The number of hydrogen-bond acceptors (Lipinski definition) is 5. The van der Waals surface area contributed by atoms with Gasteiger partial charge >= 0.3 is 8.80 Å². The summed E-state index contributed by atoms with van der Waals surface area (Å²) in [4.78, 5) is 0. The average molecular weight is 222 g/mol. The van der Waals surface area contributed by atoms with E-state index >= 15 is 0 Å². The fourth-order valence-electron chi connectivity index (χ4n) is 1.28. The lowest BCUT2D eigenvalue weighted by Crippen LogP contribution is -2.44. The van der Waals surface area contributed by atoms with Crippen molar-refractivity contribution >= 4 is 8.80 Å². The first-order chi connectivity index (χ1) is 6.64. The van der Waals surface area contributed by atoms with E-state index in [1.807, 2.05) is 0 Å². The Bertz CT molecular complexity index is 136. The molecule has 5 nitrogen and oxygen atoms in total. The predicted molar refractivity (Wildman–Crippen MR) is 57.9 cm³/mol. The quantitative estimate of drug-likeness (QED) is 0.562. The van der Waals surface area contributed by atoms with E-state index in [1.165, 1.54) is 0 Å². The molecule has 0 rings (SSSR count). The van der Waals surface area contributed by atoms with Gasteiger partial charge in [0.2, 0.25) is 0 Å². The van der Waals surface area contributed by atoms with Crippen molar-refractivity contribution in [1.29, 1.82) is 0 Å². The van der Waals surface area contributed by atoms with Crippen LogP contribution in [0.3, 0.4) is 0 Å². The third kappa shape index (κ3) is 4.49. The van der Waals surface area contributed by atoms with Crippen molar-refractivity contribution in [1.82, 2.24) is 0 Å². The summed E-state index contributed by atoms with van der Waals surface area (Å²) in [6.07, 6.45) is 1.64. The zero-order chi connectivity index (χ0) is 11.0. The highest BCUT2D eigenvalue weighted by molar-refractivity contribution is 6.60. The van der Waals surface area contributed by atoms with E-state index in [0.717, 1.165) is 18.9 Å². The molecule has 0 aromatic heterocycles. The number of nitrogens with two attached hydrogens (primary N) is 2. The SMILES string of the molecule is CO[Si](CCC(N)CCN)(OC)OC. The average Bonchev–Trinajstić information content (AvgIpc) is 2.21. The van der Waals surface area contributed by atoms with E-state index in [2.05, 4.69) is 0 Å². The molecule has 4 N–H and O–H groups in total. The molecule has 0 amide bonds. The van der Waals surface area contributed by atoms with Crippen molar-refractivity contribution < 1.29 is 13.3 Å². The fourth-order valence-corrected chi connectivity index (χ4v) is 3.11. The van der Waals surface area contributed by atoms with Crippen LogP contribution in [0.25, 0.3) is 0 Å². The van der Waals surface area contributed by atoms with Gasteiger partial charge in [0.15, 0.2) is 0 Å². The van der Waals surface area contributed by atoms with Crippen LogP contribution >= 0.6 is 0 Å². The van der Waals surface area contributed by atoms with Gasteiger partial charge in [0.1, 0.15) is 0 Å². The topological polar surface area (TPSA) is 79.7 Å². The molecule has 0 spiro atoms. The summed E-state index contributed by atoms with van der Waals surface area (Å²) < 4.78 is 15.8. The molecule has 0 saturated heterocycles.